The predicted octanol–water partition coefficient (Wildman–Crippen LogP) is 17.5. The van der Waals surface area contributed by atoms with Gasteiger partial charge in [0, 0.05) is 25.6 Å². The predicted molar refractivity (Wildman–Crippen MR) is 265 cm³/mol. The van der Waals surface area contributed by atoms with Crippen molar-refractivity contribution in [3.8, 4) is 33.4 Å². The van der Waals surface area contributed by atoms with Crippen LogP contribution < -0.4 is 0 Å². The minimum atomic E-state index is 1.24. The first-order chi connectivity index (χ1) is 29.7. The minimum absolute atomic E-state index is 1.24. The third kappa shape index (κ3) is 5.16. The van der Waals surface area contributed by atoms with Gasteiger partial charge in [-0.1, -0.05) is 195 Å². The highest BCUT2D eigenvalue weighted by Gasteiger charge is 2.23. The number of aryl methyl sites for hydroxylation is 1. The van der Waals surface area contributed by atoms with Crippen molar-refractivity contribution in [2.24, 2.45) is 0 Å². The minimum Gasteiger partial charge on any atom is -0.135 e. The van der Waals surface area contributed by atoms with Crippen molar-refractivity contribution in [3.63, 3.8) is 0 Å². The molecular formula is C59H38S. The molecule has 280 valence electrons. The Morgan fingerprint density at radius 1 is 0.383 bits per heavy atom. The lowest BCUT2D eigenvalue weighted by Gasteiger charge is -2.22. The Kier molecular flexibility index (Phi) is 7.88. The van der Waals surface area contributed by atoms with Crippen LogP contribution in [0.25, 0.3) is 124 Å². The first kappa shape index (κ1) is 34.7. The molecule has 0 spiro atoms. The van der Waals surface area contributed by atoms with Gasteiger partial charge < -0.3 is 0 Å². The molecule has 12 aromatic rings. The van der Waals surface area contributed by atoms with E-state index in [4.69, 9.17) is 0 Å². The number of hydrogen-bond acceptors (Lipinski definition) is 1. The fourth-order valence-electron chi connectivity index (χ4n) is 10.1. The molecule has 0 nitrogen and oxygen atoms in total. The van der Waals surface area contributed by atoms with Crippen molar-refractivity contribution in [2.45, 2.75) is 6.92 Å². The molecule has 0 bridgehead atoms. The molecule has 0 fully saturated rings. The van der Waals surface area contributed by atoms with Crippen LogP contribution in [-0.2, 0) is 0 Å². The lowest BCUT2D eigenvalue weighted by molar-refractivity contribution is 1.48. The quantitative estimate of drug-likeness (QED) is 0.121. The van der Waals surface area contributed by atoms with Crippen molar-refractivity contribution < 1.29 is 0 Å². The Hall–Kier alpha value is -7.32. The van der Waals surface area contributed by atoms with E-state index in [-0.39, 0.29) is 0 Å². The molecule has 1 aromatic heterocycles. The molecule has 0 saturated heterocycles. The molecule has 0 amide bonds. The number of allylic oxidation sites excluding steroid dienone is 2. The van der Waals surface area contributed by atoms with Crippen molar-refractivity contribution in [1.82, 2.24) is 0 Å². The van der Waals surface area contributed by atoms with Gasteiger partial charge in [0.15, 0.2) is 0 Å². The van der Waals surface area contributed by atoms with Crippen LogP contribution in [0.2, 0.25) is 0 Å². The molecule has 0 aliphatic carbocycles. The van der Waals surface area contributed by atoms with E-state index in [2.05, 4.69) is 202 Å². The van der Waals surface area contributed by atoms with Crippen molar-refractivity contribution in [3.05, 3.63) is 212 Å². The topological polar surface area (TPSA) is 0 Å². The Labute approximate surface area is 352 Å². The molecule has 0 saturated carbocycles. The summed E-state index contributed by atoms with van der Waals surface area (Å²) in [6.07, 6.45) is 6.08. The molecule has 0 aliphatic heterocycles. The molecule has 0 aliphatic rings. The van der Waals surface area contributed by atoms with Crippen LogP contribution in [0.15, 0.2) is 201 Å². The highest BCUT2D eigenvalue weighted by molar-refractivity contribution is 7.26. The summed E-state index contributed by atoms with van der Waals surface area (Å²) in [6, 6.07) is 68.1. The molecular weight excluding hydrogens is 741 g/mol. The van der Waals surface area contributed by atoms with Crippen LogP contribution in [0.3, 0.4) is 0 Å². The SMILES string of the molecule is C=C/C=C\c1c(C)ccc2c1ccc1c3ccc(-c4c5ccccc5c(-c5c6ccccc6c(-c6ccc7ccccc7c6)c6ccccc56)c5ccccc45)cc3sc21. The maximum atomic E-state index is 3.92. The second kappa shape index (κ2) is 13.6. The first-order valence-corrected chi connectivity index (χ1v) is 21.5. The number of thiophene rings is 1. The summed E-state index contributed by atoms with van der Waals surface area (Å²) in [5.41, 5.74) is 10.1. The summed E-state index contributed by atoms with van der Waals surface area (Å²) in [5.74, 6) is 0. The summed E-state index contributed by atoms with van der Waals surface area (Å²) in [4.78, 5) is 0. The van der Waals surface area contributed by atoms with Gasteiger partial charge >= 0.3 is 0 Å². The number of fused-ring (bicyclic) bond motifs is 10. The third-order valence-corrected chi connectivity index (χ3v) is 13.9. The van der Waals surface area contributed by atoms with Gasteiger partial charge in [0.05, 0.1) is 0 Å². The lowest BCUT2D eigenvalue weighted by atomic mass is 9.81. The third-order valence-electron chi connectivity index (χ3n) is 12.7. The average molecular weight is 779 g/mol. The zero-order chi connectivity index (χ0) is 39.9. The molecule has 1 heterocycles. The highest BCUT2D eigenvalue weighted by Crippen LogP contribution is 2.51. The van der Waals surface area contributed by atoms with Crippen LogP contribution in [0, 0.1) is 6.92 Å². The monoisotopic (exact) mass is 778 g/mol. The van der Waals surface area contributed by atoms with E-state index in [0.29, 0.717) is 0 Å². The zero-order valence-corrected chi connectivity index (χ0v) is 34.0. The normalized spacial score (nSPS) is 12.1. The van der Waals surface area contributed by atoms with Gasteiger partial charge in [0.1, 0.15) is 0 Å². The van der Waals surface area contributed by atoms with E-state index >= 15 is 0 Å². The van der Waals surface area contributed by atoms with E-state index in [1.54, 1.807) is 0 Å². The molecule has 1 heteroatoms. The zero-order valence-electron chi connectivity index (χ0n) is 33.2. The Balaban J connectivity index is 1.13. The summed E-state index contributed by atoms with van der Waals surface area (Å²) in [5, 5.41) is 17.8. The Bertz CT molecular complexity index is 3690. The summed E-state index contributed by atoms with van der Waals surface area (Å²) < 4.78 is 2.64. The molecule has 0 N–H and O–H groups in total. The molecule has 11 aromatic carbocycles. The fourth-order valence-corrected chi connectivity index (χ4v) is 11.3. The molecule has 0 atom stereocenters. The maximum Gasteiger partial charge on any atom is 0.0434 e. The van der Waals surface area contributed by atoms with Crippen LogP contribution in [0.4, 0.5) is 0 Å². The maximum absolute atomic E-state index is 3.92. The smallest absolute Gasteiger partial charge is 0.0434 e. The van der Waals surface area contributed by atoms with E-state index in [9.17, 15) is 0 Å². The van der Waals surface area contributed by atoms with Crippen LogP contribution >= 0.6 is 11.3 Å². The number of hydrogen-bond donors (Lipinski definition) is 0. The summed E-state index contributed by atoms with van der Waals surface area (Å²) in [6.45, 7) is 6.11. The van der Waals surface area contributed by atoms with Gasteiger partial charge in [-0.2, -0.15) is 0 Å². The molecule has 0 unspecified atom stereocenters. The second-order valence-corrected chi connectivity index (χ2v) is 17.0. The Morgan fingerprint density at radius 3 is 1.38 bits per heavy atom. The van der Waals surface area contributed by atoms with E-state index in [0.717, 1.165) is 0 Å². The molecule has 0 radical (unpaired) electrons. The van der Waals surface area contributed by atoms with Gasteiger partial charge in [-0.25, -0.2) is 0 Å². The van der Waals surface area contributed by atoms with Crippen LogP contribution in [-0.4, -0.2) is 0 Å². The highest BCUT2D eigenvalue weighted by atomic mass is 32.1. The number of benzene rings is 11. The van der Waals surface area contributed by atoms with Gasteiger partial charge in [0.2, 0.25) is 0 Å². The molecule has 12 rings (SSSR count). The van der Waals surface area contributed by atoms with Crippen LogP contribution in [0.1, 0.15) is 11.1 Å². The standard InChI is InChI=1S/C59H38S/c1-3-4-17-41-36(2)26-30-52-42(41)32-33-53-43-31-29-40(35-54(43)60-59(52)53)56-46-20-9-13-24-50(46)58(51-25-14-10-21-47(51)56)57-48-22-11-7-18-44(48)55(45-19-8-12-23-49(45)57)39-28-27-37-15-5-6-16-38(37)34-39/h3-35H,1H2,2H3/b17-4-. The van der Waals surface area contributed by atoms with Gasteiger partial charge in [0.25, 0.3) is 0 Å². The van der Waals surface area contributed by atoms with E-state index < -0.39 is 0 Å². The van der Waals surface area contributed by atoms with Crippen molar-refractivity contribution >= 4 is 102 Å². The second-order valence-electron chi connectivity index (χ2n) is 16.0. The fraction of sp³-hybridized carbons (Fsp3) is 0.0169. The van der Waals surface area contributed by atoms with Crippen LogP contribution in [0.5, 0.6) is 0 Å². The lowest BCUT2D eigenvalue weighted by Crippen LogP contribution is -1.94. The molecule has 60 heavy (non-hydrogen) atoms. The number of rotatable bonds is 5. The van der Waals surface area contributed by atoms with E-state index in [1.807, 2.05) is 23.5 Å². The average Bonchev–Trinajstić information content (AvgIpc) is 3.68. The Morgan fingerprint density at radius 2 is 0.817 bits per heavy atom. The summed E-state index contributed by atoms with van der Waals surface area (Å²) >= 11 is 1.91. The van der Waals surface area contributed by atoms with Crippen molar-refractivity contribution in [1.29, 1.82) is 0 Å². The van der Waals surface area contributed by atoms with E-state index in [1.165, 1.54) is 129 Å². The summed E-state index contributed by atoms with van der Waals surface area (Å²) in [7, 11) is 0. The largest absolute Gasteiger partial charge is 0.135 e. The van der Waals surface area contributed by atoms with Gasteiger partial charge in [-0.3, -0.25) is 0 Å². The van der Waals surface area contributed by atoms with Gasteiger partial charge in [-0.15, -0.1) is 11.3 Å². The van der Waals surface area contributed by atoms with Crippen molar-refractivity contribution in [2.75, 3.05) is 0 Å². The van der Waals surface area contributed by atoms with Gasteiger partial charge in [-0.05, 0) is 123 Å². The first-order valence-electron chi connectivity index (χ1n) is 20.7.